The predicted octanol–water partition coefficient (Wildman–Crippen LogP) is 3.34. The maximum atomic E-state index is 10.7. The van der Waals surface area contributed by atoms with Crippen LogP contribution in [0.5, 0.6) is 0 Å². The Bertz CT molecular complexity index is 780. The van der Waals surface area contributed by atoms with E-state index < -0.39 is 11.0 Å². The maximum absolute atomic E-state index is 10.7. The lowest BCUT2D eigenvalue weighted by molar-refractivity contribution is -0.380. The van der Waals surface area contributed by atoms with E-state index in [9.17, 15) is 15.2 Å². The zero-order valence-electron chi connectivity index (χ0n) is 14.6. The van der Waals surface area contributed by atoms with Gasteiger partial charge in [-0.1, -0.05) is 0 Å². The lowest BCUT2D eigenvalue weighted by Gasteiger charge is -2.24. The number of thiazole rings is 1. The molecule has 2 rings (SSSR count). The smallest absolute Gasteiger partial charge is 0.345 e. The second-order valence-electron chi connectivity index (χ2n) is 5.61. The first-order valence-corrected chi connectivity index (χ1v) is 8.92. The van der Waals surface area contributed by atoms with E-state index in [4.69, 9.17) is 5.11 Å². The summed E-state index contributed by atoms with van der Waals surface area (Å²) in [4.78, 5) is 16.1. The highest BCUT2D eigenvalue weighted by Crippen LogP contribution is 2.30. The summed E-state index contributed by atoms with van der Waals surface area (Å²) in [6.07, 6.45) is 0.920. The standard InChI is InChI=1S/C16H21N5O4S/c1-3-20(7-6-13(23)10-22)12-4-5-14(11(2)8-12)18-19-16-17-9-15(26-16)21(24)25/h4-5,8-9,13,22-23H,3,6-7,10H2,1-2H3. The van der Waals surface area contributed by atoms with Crippen molar-refractivity contribution >= 4 is 32.8 Å². The first-order chi connectivity index (χ1) is 12.4. The number of azo groups is 1. The molecule has 1 atom stereocenters. The Morgan fingerprint density at radius 1 is 1.42 bits per heavy atom. The number of anilines is 1. The predicted molar refractivity (Wildman–Crippen MR) is 99.7 cm³/mol. The van der Waals surface area contributed by atoms with Gasteiger partial charge in [0.2, 0.25) is 5.13 Å². The highest BCUT2D eigenvalue weighted by molar-refractivity contribution is 7.18. The number of hydrogen-bond acceptors (Lipinski definition) is 9. The molecule has 0 aliphatic rings. The first kappa shape index (κ1) is 19.9. The Balaban J connectivity index is 2.09. The quantitative estimate of drug-likeness (QED) is 0.391. The molecule has 2 aromatic rings. The minimum atomic E-state index is -0.722. The number of aliphatic hydroxyl groups excluding tert-OH is 2. The molecule has 0 saturated heterocycles. The van der Waals surface area contributed by atoms with Crippen molar-refractivity contribution in [3.63, 3.8) is 0 Å². The monoisotopic (exact) mass is 379 g/mol. The molecule has 1 aromatic carbocycles. The van der Waals surface area contributed by atoms with Gasteiger partial charge in [0, 0.05) is 18.8 Å². The third-order valence-electron chi connectivity index (χ3n) is 3.77. The molecule has 0 radical (unpaired) electrons. The fourth-order valence-corrected chi connectivity index (χ4v) is 2.85. The molecule has 0 saturated carbocycles. The van der Waals surface area contributed by atoms with Crippen LogP contribution in [0.4, 0.5) is 21.5 Å². The maximum Gasteiger partial charge on any atom is 0.345 e. The van der Waals surface area contributed by atoms with E-state index in [1.807, 2.05) is 32.0 Å². The van der Waals surface area contributed by atoms with E-state index in [0.29, 0.717) is 18.7 Å². The Kier molecular flexibility index (Phi) is 7.13. The molecule has 0 amide bonds. The molecule has 0 fully saturated rings. The second-order valence-corrected chi connectivity index (χ2v) is 6.60. The minimum absolute atomic E-state index is 0.0744. The van der Waals surface area contributed by atoms with Crippen molar-refractivity contribution in [2.24, 2.45) is 10.2 Å². The largest absolute Gasteiger partial charge is 0.394 e. The van der Waals surface area contributed by atoms with E-state index in [-0.39, 0.29) is 16.7 Å². The molecule has 0 bridgehead atoms. The summed E-state index contributed by atoms with van der Waals surface area (Å²) in [5.41, 5.74) is 2.54. The number of rotatable bonds is 9. The van der Waals surface area contributed by atoms with Gasteiger partial charge in [-0.15, -0.1) is 10.2 Å². The van der Waals surface area contributed by atoms with Crippen molar-refractivity contribution in [3.05, 3.63) is 40.1 Å². The molecule has 0 aliphatic heterocycles. The summed E-state index contributed by atoms with van der Waals surface area (Å²) in [6, 6.07) is 5.69. The van der Waals surface area contributed by atoms with Gasteiger partial charge in [-0.2, -0.15) is 0 Å². The average Bonchev–Trinajstić information content (AvgIpc) is 3.10. The summed E-state index contributed by atoms with van der Waals surface area (Å²) in [7, 11) is 0. The van der Waals surface area contributed by atoms with Crippen molar-refractivity contribution in [1.29, 1.82) is 0 Å². The normalized spacial score (nSPS) is 12.5. The van der Waals surface area contributed by atoms with Crippen LogP contribution in [-0.2, 0) is 0 Å². The molecule has 9 nitrogen and oxygen atoms in total. The van der Waals surface area contributed by atoms with Crippen molar-refractivity contribution in [1.82, 2.24) is 4.98 Å². The van der Waals surface area contributed by atoms with Gasteiger partial charge in [-0.05, 0) is 55.4 Å². The number of nitro groups is 1. The Labute approximate surface area is 154 Å². The Morgan fingerprint density at radius 2 is 2.19 bits per heavy atom. The molecule has 140 valence electrons. The first-order valence-electron chi connectivity index (χ1n) is 8.11. The summed E-state index contributed by atoms with van der Waals surface area (Å²) in [5, 5.41) is 37.3. The number of aryl methyl sites for hydroxylation is 1. The van der Waals surface area contributed by atoms with E-state index >= 15 is 0 Å². The summed E-state index contributed by atoms with van der Waals surface area (Å²) in [5.74, 6) is 0. The second kappa shape index (κ2) is 9.32. The zero-order valence-corrected chi connectivity index (χ0v) is 15.4. The van der Waals surface area contributed by atoms with Crippen LogP contribution in [0.2, 0.25) is 0 Å². The van der Waals surface area contributed by atoms with Gasteiger partial charge in [0.15, 0.2) is 0 Å². The summed E-state index contributed by atoms with van der Waals surface area (Å²) in [6.45, 7) is 5.07. The number of hydrogen-bond donors (Lipinski definition) is 2. The summed E-state index contributed by atoms with van der Waals surface area (Å²) < 4.78 is 0. The van der Waals surface area contributed by atoms with Gasteiger partial charge in [-0.25, -0.2) is 4.98 Å². The van der Waals surface area contributed by atoms with Crippen LogP contribution in [0.25, 0.3) is 0 Å². The molecular formula is C16H21N5O4S. The van der Waals surface area contributed by atoms with E-state index in [2.05, 4.69) is 20.1 Å². The summed E-state index contributed by atoms with van der Waals surface area (Å²) >= 11 is 0.866. The van der Waals surface area contributed by atoms with Crippen molar-refractivity contribution in [3.8, 4) is 0 Å². The van der Waals surface area contributed by atoms with Crippen LogP contribution in [0.15, 0.2) is 34.6 Å². The van der Waals surface area contributed by atoms with Crippen LogP contribution >= 0.6 is 11.3 Å². The van der Waals surface area contributed by atoms with Crippen molar-refractivity contribution in [2.75, 3.05) is 24.6 Å². The molecule has 0 aliphatic carbocycles. The van der Waals surface area contributed by atoms with Gasteiger partial charge >= 0.3 is 5.00 Å². The minimum Gasteiger partial charge on any atom is -0.394 e. The fourth-order valence-electron chi connectivity index (χ4n) is 2.30. The van der Waals surface area contributed by atoms with E-state index in [1.54, 1.807) is 0 Å². The SMILES string of the molecule is CCN(CCC(O)CO)c1ccc(N=Nc2ncc([N+](=O)[O-])s2)c(C)c1. The zero-order chi connectivity index (χ0) is 19.1. The molecular weight excluding hydrogens is 358 g/mol. The van der Waals surface area contributed by atoms with Gasteiger partial charge in [-0.3, -0.25) is 10.1 Å². The molecule has 1 heterocycles. The van der Waals surface area contributed by atoms with Gasteiger partial charge in [0.1, 0.15) is 6.20 Å². The molecule has 0 spiro atoms. The van der Waals surface area contributed by atoms with Gasteiger partial charge in [0.25, 0.3) is 0 Å². The third kappa shape index (κ3) is 5.28. The average molecular weight is 379 g/mol. The fraction of sp³-hybridized carbons (Fsp3) is 0.438. The lowest BCUT2D eigenvalue weighted by Crippen LogP contribution is -2.28. The number of aromatic nitrogens is 1. The topological polar surface area (TPSA) is 124 Å². The van der Waals surface area contributed by atoms with E-state index in [1.165, 1.54) is 0 Å². The Morgan fingerprint density at radius 3 is 2.77 bits per heavy atom. The highest BCUT2D eigenvalue weighted by atomic mass is 32.1. The van der Waals surface area contributed by atoms with Crippen LogP contribution < -0.4 is 4.90 Å². The third-order valence-corrected chi connectivity index (χ3v) is 4.61. The van der Waals surface area contributed by atoms with Crippen LogP contribution in [0, 0.1) is 17.0 Å². The molecule has 1 aromatic heterocycles. The molecule has 2 N–H and O–H groups in total. The number of benzene rings is 1. The highest BCUT2D eigenvalue weighted by Gasteiger charge is 2.12. The van der Waals surface area contributed by atoms with Gasteiger partial charge in [0.05, 0.1) is 23.3 Å². The van der Waals surface area contributed by atoms with Crippen molar-refractivity contribution < 1.29 is 15.1 Å². The molecule has 1 unspecified atom stereocenters. The number of nitrogens with zero attached hydrogens (tertiary/aromatic N) is 5. The Hall–Kier alpha value is -2.43. The van der Waals surface area contributed by atoms with Crippen molar-refractivity contribution in [2.45, 2.75) is 26.4 Å². The molecule has 26 heavy (non-hydrogen) atoms. The van der Waals surface area contributed by atoms with Crippen LogP contribution in [0.1, 0.15) is 18.9 Å². The van der Waals surface area contributed by atoms with Crippen LogP contribution in [0.3, 0.4) is 0 Å². The van der Waals surface area contributed by atoms with Crippen LogP contribution in [-0.4, -0.2) is 45.9 Å². The number of aliphatic hydroxyl groups is 2. The van der Waals surface area contributed by atoms with E-state index in [0.717, 1.165) is 35.3 Å². The molecule has 10 heteroatoms. The van der Waals surface area contributed by atoms with Gasteiger partial charge < -0.3 is 15.1 Å². The lowest BCUT2D eigenvalue weighted by atomic mass is 10.1.